The Kier molecular flexibility index (Phi) is 6.86. The maximum Gasteiger partial charge on any atom is 0.264 e. The Balaban J connectivity index is 1.88. The van der Waals surface area contributed by atoms with Crippen molar-refractivity contribution < 1.29 is 4.57 Å². The zero-order valence-corrected chi connectivity index (χ0v) is 10.9. The van der Waals surface area contributed by atoms with Crippen molar-refractivity contribution in [1.82, 2.24) is 9.78 Å². The molecule has 1 rings (SSSR count). The summed E-state index contributed by atoms with van der Waals surface area (Å²) in [4.78, 5) is 0. The van der Waals surface area contributed by atoms with Gasteiger partial charge in [0.05, 0.1) is 7.05 Å². The van der Waals surface area contributed by atoms with Gasteiger partial charge in [0.25, 0.3) is 6.33 Å². The number of rotatable bonds is 9. The zero-order chi connectivity index (χ0) is 11.6. The van der Waals surface area contributed by atoms with Crippen LogP contribution in [0.5, 0.6) is 0 Å². The van der Waals surface area contributed by atoms with Crippen LogP contribution in [-0.4, -0.2) is 9.78 Å². The average Bonchev–Trinajstić information content (AvgIpc) is 2.68. The van der Waals surface area contributed by atoms with Gasteiger partial charge in [-0.25, -0.2) is 4.57 Å². The van der Waals surface area contributed by atoms with Crippen molar-refractivity contribution in [3.8, 4) is 0 Å². The quantitative estimate of drug-likeness (QED) is 0.467. The van der Waals surface area contributed by atoms with Crippen LogP contribution >= 0.6 is 0 Å². The first-order valence-corrected chi connectivity index (χ1v) is 6.70. The summed E-state index contributed by atoms with van der Waals surface area (Å²) in [6, 6.07) is 0. The van der Waals surface area contributed by atoms with Crippen LogP contribution in [0.2, 0.25) is 0 Å². The fourth-order valence-electron chi connectivity index (χ4n) is 1.94. The van der Waals surface area contributed by atoms with Gasteiger partial charge in [0, 0.05) is 5.10 Å². The van der Waals surface area contributed by atoms with Crippen molar-refractivity contribution in [3.05, 3.63) is 12.7 Å². The van der Waals surface area contributed by atoms with Crippen LogP contribution in [0, 0.1) is 0 Å². The lowest BCUT2D eigenvalue weighted by molar-refractivity contribution is -0.672. The molecule has 0 fully saturated rings. The van der Waals surface area contributed by atoms with E-state index in [9.17, 15) is 0 Å². The van der Waals surface area contributed by atoms with Gasteiger partial charge in [-0.15, -0.1) is 4.68 Å². The molecule has 0 saturated carbocycles. The molecule has 0 aliphatic heterocycles. The molecule has 0 spiro atoms. The Morgan fingerprint density at radius 3 is 2.19 bits per heavy atom. The molecular formula is C13H26N3+. The van der Waals surface area contributed by atoms with E-state index in [1.807, 2.05) is 29.0 Å². The highest BCUT2D eigenvalue weighted by Gasteiger charge is 2.01. The Morgan fingerprint density at radius 2 is 1.62 bits per heavy atom. The summed E-state index contributed by atoms with van der Waals surface area (Å²) in [7, 11) is 2.01. The second-order valence-electron chi connectivity index (χ2n) is 4.65. The molecule has 0 N–H and O–H groups in total. The fourth-order valence-corrected chi connectivity index (χ4v) is 1.94. The topological polar surface area (TPSA) is 21.7 Å². The van der Waals surface area contributed by atoms with Gasteiger partial charge in [0.15, 0.2) is 0 Å². The van der Waals surface area contributed by atoms with E-state index in [4.69, 9.17) is 0 Å². The summed E-state index contributed by atoms with van der Waals surface area (Å²) in [6.07, 6.45) is 14.9. The third kappa shape index (κ3) is 5.89. The molecule has 1 heterocycles. The smallest absolute Gasteiger partial charge is 0.240 e. The maximum absolute atomic E-state index is 4.25. The van der Waals surface area contributed by atoms with E-state index in [0.29, 0.717) is 0 Å². The minimum absolute atomic E-state index is 1.07. The molecule has 0 bridgehead atoms. The van der Waals surface area contributed by atoms with Crippen molar-refractivity contribution in [2.75, 3.05) is 0 Å². The molecule has 16 heavy (non-hydrogen) atoms. The first-order valence-electron chi connectivity index (χ1n) is 6.70. The van der Waals surface area contributed by atoms with Crippen LogP contribution in [0.1, 0.15) is 58.3 Å². The Labute approximate surface area is 99.5 Å². The molecule has 3 nitrogen and oxygen atoms in total. The van der Waals surface area contributed by atoms with Crippen LogP contribution in [-0.2, 0) is 13.6 Å². The second-order valence-corrected chi connectivity index (χ2v) is 4.65. The predicted octanol–water partition coefficient (Wildman–Crippen LogP) is 2.85. The van der Waals surface area contributed by atoms with Gasteiger partial charge < -0.3 is 0 Å². The molecule has 0 unspecified atom stereocenters. The predicted molar refractivity (Wildman–Crippen MR) is 66.0 cm³/mol. The molecule has 0 aliphatic rings. The largest absolute Gasteiger partial charge is 0.264 e. The van der Waals surface area contributed by atoms with E-state index in [0.717, 1.165) is 6.54 Å². The number of aryl methyl sites for hydroxylation is 2. The van der Waals surface area contributed by atoms with Gasteiger partial charge in [0.1, 0.15) is 6.54 Å². The van der Waals surface area contributed by atoms with Crippen LogP contribution in [0.25, 0.3) is 0 Å². The Bertz CT molecular complexity index is 268. The van der Waals surface area contributed by atoms with Crippen LogP contribution < -0.4 is 4.57 Å². The summed E-state index contributed by atoms with van der Waals surface area (Å²) in [5.74, 6) is 0. The lowest BCUT2D eigenvalue weighted by Crippen LogP contribution is -2.23. The highest BCUT2D eigenvalue weighted by molar-refractivity contribution is 4.49. The van der Waals surface area contributed by atoms with E-state index in [1.54, 1.807) is 0 Å². The lowest BCUT2D eigenvalue weighted by Gasteiger charge is -1.99. The molecule has 3 heteroatoms. The first-order chi connectivity index (χ1) is 7.83. The van der Waals surface area contributed by atoms with Gasteiger partial charge in [-0.3, -0.25) is 0 Å². The van der Waals surface area contributed by atoms with Crippen molar-refractivity contribution in [1.29, 1.82) is 0 Å². The van der Waals surface area contributed by atoms with Crippen molar-refractivity contribution in [3.63, 3.8) is 0 Å². The molecule has 0 radical (unpaired) electrons. The molecule has 0 aliphatic carbocycles. The minimum Gasteiger partial charge on any atom is -0.240 e. The number of nitrogens with zero attached hydrogens (tertiary/aromatic N) is 3. The monoisotopic (exact) mass is 224 g/mol. The van der Waals surface area contributed by atoms with Crippen molar-refractivity contribution >= 4 is 0 Å². The van der Waals surface area contributed by atoms with Crippen LogP contribution in [0.15, 0.2) is 12.7 Å². The highest BCUT2D eigenvalue weighted by atomic mass is 15.3. The Morgan fingerprint density at radius 1 is 1.00 bits per heavy atom. The van der Waals surface area contributed by atoms with E-state index in [-0.39, 0.29) is 0 Å². The molecule has 1 aromatic heterocycles. The second kappa shape index (κ2) is 8.31. The SMILES string of the molecule is CCCCCCCCCCn1c[n+](C)cn1. The summed E-state index contributed by atoms with van der Waals surface area (Å²) in [5.41, 5.74) is 0. The molecule has 0 aromatic carbocycles. The number of hydrogen-bond acceptors (Lipinski definition) is 1. The summed E-state index contributed by atoms with van der Waals surface area (Å²) in [6.45, 7) is 3.33. The van der Waals surface area contributed by atoms with Crippen LogP contribution in [0.3, 0.4) is 0 Å². The fraction of sp³-hybridized carbons (Fsp3) is 0.846. The molecule has 0 atom stereocenters. The van der Waals surface area contributed by atoms with Gasteiger partial charge in [-0.05, 0) is 6.42 Å². The normalized spacial score (nSPS) is 10.9. The molecular weight excluding hydrogens is 198 g/mol. The van der Waals surface area contributed by atoms with Crippen molar-refractivity contribution in [2.45, 2.75) is 64.8 Å². The third-order valence-electron chi connectivity index (χ3n) is 2.94. The maximum atomic E-state index is 4.25. The van der Waals surface area contributed by atoms with E-state index >= 15 is 0 Å². The summed E-state index contributed by atoms with van der Waals surface area (Å²) in [5, 5.41) is 4.25. The number of unbranched alkanes of at least 4 members (excludes halogenated alkanes) is 7. The number of aromatic nitrogens is 3. The molecule has 1 aromatic rings. The first kappa shape index (κ1) is 13.2. The number of hydrogen-bond donors (Lipinski definition) is 0. The third-order valence-corrected chi connectivity index (χ3v) is 2.94. The van der Waals surface area contributed by atoms with Gasteiger partial charge >= 0.3 is 0 Å². The van der Waals surface area contributed by atoms with E-state index < -0.39 is 0 Å². The molecule has 0 amide bonds. The summed E-state index contributed by atoms with van der Waals surface area (Å²) >= 11 is 0. The lowest BCUT2D eigenvalue weighted by atomic mass is 10.1. The average molecular weight is 224 g/mol. The molecule has 92 valence electrons. The van der Waals surface area contributed by atoms with Gasteiger partial charge in [-0.1, -0.05) is 51.9 Å². The Hall–Kier alpha value is -0.860. The highest BCUT2D eigenvalue weighted by Crippen LogP contribution is 2.08. The van der Waals surface area contributed by atoms with Gasteiger partial charge in [-0.2, -0.15) is 0 Å². The van der Waals surface area contributed by atoms with E-state index in [1.165, 1.54) is 51.4 Å². The standard InChI is InChI=1S/C13H26N3/c1-3-4-5-6-7-8-9-10-11-16-13-15(2)12-14-16/h12-13H,3-11H2,1-2H3/q+1. The van der Waals surface area contributed by atoms with E-state index in [2.05, 4.69) is 12.0 Å². The molecule has 0 saturated heterocycles. The summed E-state index contributed by atoms with van der Waals surface area (Å²) < 4.78 is 4.02. The van der Waals surface area contributed by atoms with Crippen molar-refractivity contribution in [2.24, 2.45) is 7.05 Å². The van der Waals surface area contributed by atoms with Crippen LogP contribution in [0.4, 0.5) is 0 Å². The van der Waals surface area contributed by atoms with Gasteiger partial charge in [0.2, 0.25) is 6.33 Å². The zero-order valence-electron chi connectivity index (χ0n) is 10.9. The minimum atomic E-state index is 1.07.